The minimum Gasteiger partial charge on any atom is -0.256 e. The van der Waals surface area contributed by atoms with Crippen LogP contribution in [0.3, 0.4) is 0 Å². The van der Waals surface area contributed by atoms with Gasteiger partial charge in [0.15, 0.2) is 0 Å². The molecule has 2 aromatic rings. The van der Waals surface area contributed by atoms with E-state index in [-0.39, 0.29) is 0 Å². The van der Waals surface area contributed by atoms with Gasteiger partial charge in [0.1, 0.15) is 0 Å². The van der Waals surface area contributed by atoms with Gasteiger partial charge < -0.3 is 0 Å². The van der Waals surface area contributed by atoms with Gasteiger partial charge in [-0.2, -0.15) is 5.26 Å². The lowest BCUT2D eigenvalue weighted by Crippen LogP contribution is -1.86. The third-order valence-corrected chi connectivity index (χ3v) is 2.94. The van der Waals surface area contributed by atoms with E-state index in [9.17, 15) is 0 Å². The third kappa shape index (κ3) is 2.01. The highest BCUT2D eigenvalue weighted by Gasteiger charge is 2.08. The number of hydrogen-bond acceptors (Lipinski definition) is 2. The Morgan fingerprint density at radius 3 is 2.75 bits per heavy atom. The zero-order valence-electron chi connectivity index (χ0n) is 8.11. The molecule has 0 spiro atoms. The van der Waals surface area contributed by atoms with Gasteiger partial charge in [-0.15, -0.1) is 0 Å². The number of nitriles is 1. The van der Waals surface area contributed by atoms with Crippen LogP contribution in [0.2, 0.25) is 10.0 Å². The van der Waals surface area contributed by atoms with Gasteiger partial charge in [-0.25, -0.2) is 0 Å². The van der Waals surface area contributed by atoms with Gasteiger partial charge >= 0.3 is 0 Å². The van der Waals surface area contributed by atoms with Crippen molar-refractivity contribution in [3.05, 3.63) is 52.1 Å². The maximum atomic E-state index is 8.80. The maximum Gasteiger partial charge on any atom is 0.0992 e. The Kier molecular flexibility index (Phi) is 3.09. The Hall–Kier alpha value is -1.56. The first-order chi connectivity index (χ1) is 7.72. The fourth-order valence-electron chi connectivity index (χ4n) is 1.35. The summed E-state index contributed by atoms with van der Waals surface area (Å²) in [6.07, 6.45) is 1.57. The molecule has 0 aliphatic carbocycles. The van der Waals surface area contributed by atoms with Gasteiger partial charge in [-0.05, 0) is 18.2 Å². The van der Waals surface area contributed by atoms with Crippen LogP contribution in [-0.2, 0) is 0 Å². The van der Waals surface area contributed by atoms with Gasteiger partial charge in [0.2, 0.25) is 0 Å². The highest BCUT2D eigenvalue weighted by molar-refractivity contribution is 6.43. The first kappa shape index (κ1) is 10.9. The first-order valence-corrected chi connectivity index (χ1v) is 5.28. The number of benzene rings is 1. The Labute approximate surface area is 103 Å². The molecule has 0 aliphatic heterocycles. The van der Waals surface area contributed by atoms with Gasteiger partial charge in [0.05, 0.1) is 27.4 Å². The Balaban J connectivity index is 2.59. The van der Waals surface area contributed by atoms with Crippen molar-refractivity contribution in [2.24, 2.45) is 0 Å². The maximum absolute atomic E-state index is 8.80. The first-order valence-electron chi connectivity index (χ1n) is 4.53. The summed E-state index contributed by atoms with van der Waals surface area (Å²) in [6.45, 7) is 0. The number of hydrogen-bond donors (Lipinski definition) is 0. The van der Waals surface area contributed by atoms with E-state index in [1.54, 1.807) is 30.5 Å². The average molecular weight is 249 g/mol. The molecule has 16 heavy (non-hydrogen) atoms. The summed E-state index contributed by atoms with van der Waals surface area (Å²) in [4.78, 5) is 4.17. The quantitative estimate of drug-likeness (QED) is 0.767. The molecular weight excluding hydrogens is 243 g/mol. The van der Waals surface area contributed by atoms with Crippen molar-refractivity contribution in [3.8, 4) is 17.3 Å². The molecule has 0 bridgehead atoms. The summed E-state index contributed by atoms with van der Waals surface area (Å²) in [6, 6.07) is 10.7. The van der Waals surface area contributed by atoms with Crippen LogP contribution in [0.5, 0.6) is 0 Å². The average Bonchev–Trinajstić information content (AvgIpc) is 2.33. The van der Waals surface area contributed by atoms with Crippen LogP contribution in [-0.4, -0.2) is 4.98 Å². The lowest BCUT2D eigenvalue weighted by atomic mass is 10.1. The van der Waals surface area contributed by atoms with E-state index in [1.807, 2.05) is 6.07 Å². The lowest BCUT2D eigenvalue weighted by Gasteiger charge is -2.04. The topological polar surface area (TPSA) is 36.7 Å². The second-order valence-electron chi connectivity index (χ2n) is 3.14. The van der Waals surface area contributed by atoms with Gasteiger partial charge in [0.25, 0.3) is 0 Å². The number of nitrogens with zero attached hydrogens (tertiary/aromatic N) is 2. The molecule has 0 atom stereocenters. The molecule has 2 nitrogen and oxygen atoms in total. The van der Waals surface area contributed by atoms with Crippen LogP contribution in [0.15, 0.2) is 36.5 Å². The number of aromatic nitrogens is 1. The predicted molar refractivity (Wildman–Crippen MR) is 64.4 cm³/mol. The standard InChI is InChI=1S/C12H6Cl2N2/c13-10-3-1-2-9(12(10)14)11-6-8(7-15)4-5-16-11/h1-6H. The lowest BCUT2D eigenvalue weighted by molar-refractivity contribution is 1.31. The molecule has 0 amide bonds. The van der Waals surface area contributed by atoms with Crippen LogP contribution in [0.1, 0.15) is 5.56 Å². The van der Waals surface area contributed by atoms with Crippen molar-refractivity contribution in [2.45, 2.75) is 0 Å². The minimum atomic E-state index is 0.451. The normalized spacial score (nSPS) is 9.81. The third-order valence-electron chi connectivity index (χ3n) is 2.12. The predicted octanol–water partition coefficient (Wildman–Crippen LogP) is 3.93. The van der Waals surface area contributed by atoms with Crippen molar-refractivity contribution in [2.75, 3.05) is 0 Å². The van der Waals surface area contributed by atoms with E-state index >= 15 is 0 Å². The summed E-state index contributed by atoms with van der Waals surface area (Å²) in [5.41, 5.74) is 1.92. The molecule has 0 saturated heterocycles. The zero-order valence-corrected chi connectivity index (χ0v) is 9.63. The van der Waals surface area contributed by atoms with E-state index in [0.29, 0.717) is 21.3 Å². The van der Waals surface area contributed by atoms with Gasteiger partial charge in [-0.1, -0.05) is 35.3 Å². The Morgan fingerprint density at radius 2 is 2.00 bits per heavy atom. The van der Waals surface area contributed by atoms with E-state index in [2.05, 4.69) is 11.1 Å². The summed E-state index contributed by atoms with van der Waals surface area (Å²) in [5, 5.41) is 9.72. The fraction of sp³-hybridized carbons (Fsp3) is 0. The second kappa shape index (κ2) is 4.52. The van der Waals surface area contributed by atoms with Crippen molar-refractivity contribution in [1.29, 1.82) is 5.26 Å². The number of rotatable bonds is 1. The van der Waals surface area contributed by atoms with Crippen molar-refractivity contribution in [3.63, 3.8) is 0 Å². The summed E-state index contributed by atoms with van der Waals surface area (Å²) >= 11 is 12.0. The highest BCUT2D eigenvalue weighted by atomic mass is 35.5. The molecular formula is C12H6Cl2N2. The molecule has 1 heterocycles. The monoisotopic (exact) mass is 248 g/mol. The SMILES string of the molecule is N#Cc1ccnc(-c2cccc(Cl)c2Cl)c1. The van der Waals surface area contributed by atoms with Crippen LogP contribution >= 0.6 is 23.2 Å². The molecule has 1 aromatic heterocycles. The molecule has 0 aliphatic rings. The molecule has 0 unspecified atom stereocenters. The molecule has 78 valence electrons. The summed E-state index contributed by atoms with van der Waals surface area (Å²) in [5.74, 6) is 0. The molecule has 1 aromatic carbocycles. The van der Waals surface area contributed by atoms with E-state index < -0.39 is 0 Å². The van der Waals surface area contributed by atoms with Crippen molar-refractivity contribution >= 4 is 23.2 Å². The second-order valence-corrected chi connectivity index (χ2v) is 3.93. The van der Waals surface area contributed by atoms with E-state index in [4.69, 9.17) is 28.5 Å². The number of pyridine rings is 1. The van der Waals surface area contributed by atoms with Crippen LogP contribution < -0.4 is 0 Å². The van der Waals surface area contributed by atoms with Crippen LogP contribution in [0.4, 0.5) is 0 Å². The zero-order chi connectivity index (χ0) is 11.5. The minimum absolute atomic E-state index is 0.451. The molecule has 0 radical (unpaired) electrons. The van der Waals surface area contributed by atoms with E-state index in [1.165, 1.54) is 0 Å². The van der Waals surface area contributed by atoms with Gasteiger partial charge in [-0.3, -0.25) is 4.98 Å². The molecule has 2 rings (SSSR count). The molecule has 0 N–H and O–H groups in total. The van der Waals surface area contributed by atoms with Gasteiger partial charge in [0, 0.05) is 11.8 Å². The van der Waals surface area contributed by atoms with E-state index in [0.717, 1.165) is 5.56 Å². The van der Waals surface area contributed by atoms with Crippen LogP contribution in [0.25, 0.3) is 11.3 Å². The van der Waals surface area contributed by atoms with Crippen molar-refractivity contribution in [1.82, 2.24) is 4.98 Å². The fourth-order valence-corrected chi connectivity index (χ4v) is 1.75. The summed E-state index contributed by atoms with van der Waals surface area (Å²) < 4.78 is 0. The molecule has 4 heteroatoms. The van der Waals surface area contributed by atoms with Crippen molar-refractivity contribution < 1.29 is 0 Å². The highest BCUT2D eigenvalue weighted by Crippen LogP contribution is 2.32. The molecule has 0 saturated carbocycles. The van der Waals surface area contributed by atoms with Crippen LogP contribution in [0, 0.1) is 11.3 Å². The Morgan fingerprint density at radius 1 is 1.19 bits per heavy atom. The Bertz CT molecular complexity index is 573. The molecule has 0 fully saturated rings. The smallest absolute Gasteiger partial charge is 0.0992 e. The summed E-state index contributed by atoms with van der Waals surface area (Å²) in [7, 11) is 0. The number of halogens is 2. The largest absolute Gasteiger partial charge is 0.256 e.